The molecule has 2 N–H and O–H groups in total. The molecule has 0 aliphatic carbocycles. The van der Waals surface area contributed by atoms with E-state index in [4.69, 9.17) is 8.85 Å². The maximum Gasteiger partial charge on any atom is 0.161 e. The lowest BCUT2D eigenvalue weighted by molar-refractivity contribution is -0.0859. The van der Waals surface area contributed by atoms with Crippen LogP contribution in [-0.2, 0) is 15.3 Å². The molecule has 1 aromatic carbocycles. The fourth-order valence-electron chi connectivity index (χ4n) is 3.89. The van der Waals surface area contributed by atoms with E-state index in [0.29, 0.717) is 6.04 Å². The molecule has 0 radical (unpaired) electrons. The van der Waals surface area contributed by atoms with Crippen molar-refractivity contribution >= 4 is 46.4 Å². The van der Waals surface area contributed by atoms with Gasteiger partial charge >= 0.3 is 0 Å². The van der Waals surface area contributed by atoms with Crippen LogP contribution in [0, 0.1) is 5.41 Å². The third kappa shape index (κ3) is 4.12. The average Bonchev–Trinajstić information content (AvgIpc) is 2.93. The first-order valence-corrected chi connectivity index (χ1v) is 14.0. The van der Waals surface area contributed by atoms with Gasteiger partial charge in [-0.05, 0) is 37.1 Å². The fraction of sp³-hybridized carbons (Fsp3) is 0.556. The molecule has 1 aromatic heterocycles. The molecular formula is C18H29BrN2O2Si2. The first-order valence-electron chi connectivity index (χ1n) is 9.22. The molecule has 0 amide bonds. The highest BCUT2D eigenvalue weighted by Crippen LogP contribution is 2.39. The van der Waals surface area contributed by atoms with E-state index in [9.17, 15) is 0 Å². The highest BCUT2D eigenvalue weighted by atomic mass is 79.9. The van der Waals surface area contributed by atoms with E-state index in [1.54, 1.807) is 0 Å². The van der Waals surface area contributed by atoms with E-state index in [1.165, 1.54) is 22.2 Å². The Labute approximate surface area is 163 Å². The average molecular weight is 442 g/mol. The third-order valence-electron chi connectivity index (χ3n) is 5.02. The zero-order valence-corrected chi connectivity index (χ0v) is 20.0. The summed E-state index contributed by atoms with van der Waals surface area (Å²) >= 11 is 3.58. The molecule has 4 nitrogen and oxygen atoms in total. The topological polar surface area (TPSA) is 46.3 Å². The molecule has 1 unspecified atom stereocenters. The minimum Gasteiger partial charge on any atom is -0.400 e. The molecule has 7 heteroatoms. The number of benzene rings is 1. The Balaban J connectivity index is 1.88. The highest BCUT2D eigenvalue weighted by molar-refractivity contribution is 9.10. The first-order chi connectivity index (χ1) is 12.0. The Kier molecular flexibility index (Phi) is 6.23. The van der Waals surface area contributed by atoms with Crippen LogP contribution < -0.4 is 5.32 Å². The first kappa shape index (κ1) is 19.3. The molecule has 0 fully saturated rings. The maximum absolute atomic E-state index is 6.06. The molecule has 2 heterocycles. The second kappa shape index (κ2) is 8.06. The van der Waals surface area contributed by atoms with Gasteiger partial charge in [0.25, 0.3) is 0 Å². The Hall–Kier alpha value is -0.446. The molecule has 0 saturated carbocycles. The van der Waals surface area contributed by atoms with E-state index in [0.717, 1.165) is 23.9 Å². The van der Waals surface area contributed by atoms with Crippen LogP contribution >= 0.6 is 15.9 Å². The number of nitrogens with one attached hydrogen (secondary N) is 2. The van der Waals surface area contributed by atoms with Crippen molar-refractivity contribution in [1.82, 2.24) is 10.3 Å². The summed E-state index contributed by atoms with van der Waals surface area (Å²) in [5.41, 5.74) is 4.01. The lowest BCUT2D eigenvalue weighted by Crippen LogP contribution is -2.41. The number of aromatic nitrogens is 1. The number of fused-ring (bicyclic) bond motifs is 3. The van der Waals surface area contributed by atoms with Crippen LogP contribution in [0.15, 0.2) is 22.7 Å². The van der Waals surface area contributed by atoms with Crippen LogP contribution in [0.3, 0.4) is 0 Å². The largest absolute Gasteiger partial charge is 0.400 e. The minimum absolute atomic E-state index is 0.0177. The van der Waals surface area contributed by atoms with E-state index >= 15 is 0 Å². The molecule has 0 spiro atoms. The van der Waals surface area contributed by atoms with Crippen LogP contribution in [-0.4, -0.2) is 37.3 Å². The van der Waals surface area contributed by atoms with Gasteiger partial charge in [-0.25, -0.2) is 0 Å². The van der Waals surface area contributed by atoms with Gasteiger partial charge in [-0.1, -0.05) is 48.9 Å². The van der Waals surface area contributed by atoms with Crippen molar-refractivity contribution < 1.29 is 8.85 Å². The highest BCUT2D eigenvalue weighted by Gasteiger charge is 2.35. The predicted octanol–water partition coefficient (Wildman–Crippen LogP) is 3.16. The normalized spacial score (nSPS) is 20.1. The van der Waals surface area contributed by atoms with Crippen molar-refractivity contribution in [2.75, 3.05) is 6.54 Å². The summed E-state index contributed by atoms with van der Waals surface area (Å²) in [7, 11) is -0.982. The number of rotatable bonds is 7. The Bertz CT molecular complexity index is 729. The van der Waals surface area contributed by atoms with Crippen LogP contribution in [0.4, 0.5) is 0 Å². The maximum atomic E-state index is 6.06. The molecular weight excluding hydrogens is 412 g/mol. The van der Waals surface area contributed by atoms with Gasteiger partial charge in [-0.15, -0.1) is 0 Å². The molecule has 0 saturated heterocycles. The molecule has 1 aliphatic rings. The standard InChI is InChI=1S/C18H29BrN2O2Si2/c1-18(2,17(22-24-3)23-25-4)10-15-16-13(7-8-20-15)12-6-5-11(19)9-14(12)21-16/h5-6,9,15,17,20-21H,7-8,10,24-25H2,1-4H3. The zero-order chi connectivity index (χ0) is 18.0. The second-order valence-corrected chi connectivity index (χ2v) is 10.1. The smallest absolute Gasteiger partial charge is 0.161 e. The monoisotopic (exact) mass is 440 g/mol. The van der Waals surface area contributed by atoms with Crippen LogP contribution in [0.2, 0.25) is 13.1 Å². The zero-order valence-electron chi connectivity index (χ0n) is 15.6. The molecule has 25 heavy (non-hydrogen) atoms. The summed E-state index contributed by atoms with van der Waals surface area (Å²) < 4.78 is 13.2. The quantitative estimate of drug-likeness (QED) is 0.513. The van der Waals surface area contributed by atoms with Crippen LogP contribution in [0.25, 0.3) is 10.9 Å². The van der Waals surface area contributed by atoms with E-state index in [1.807, 2.05) is 0 Å². The van der Waals surface area contributed by atoms with Crippen molar-refractivity contribution in [3.05, 3.63) is 33.9 Å². The molecule has 1 aliphatic heterocycles. The van der Waals surface area contributed by atoms with Crippen molar-refractivity contribution in [3.63, 3.8) is 0 Å². The molecule has 138 valence electrons. The lowest BCUT2D eigenvalue weighted by Gasteiger charge is -2.38. The third-order valence-corrected chi connectivity index (χ3v) is 6.79. The van der Waals surface area contributed by atoms with Crippen molar-refractivity contribution in [3.8, 4) is 0 Å². The SMILES string of the molecule is C[SiH2]OC(O[SiH2]C)C(C)(C)CC1NCCc2c1[nH]c1cc(Br)ccc21. The molecule has 3 rings (SSSR count). The van der Waals surface area contributed by atoms with Crippen LogP contribution in [0.1, 0.15) is 37.6 Å². The summed E-state index contributed by atoms with van der Waals surface area (Å²) in [6.07, 6.45) is 2.02. The Morgan fingerprint density at radius 3 is 2.68 bits per heavy atom. The van der Waals surface area contributed by atoms with Crippen molar-refractivity contribution in [1.29, 1.82) is 0 Å². The summed E-state index contributed by atoms with van der Waals surface area (Å²) in [6, 6.07) is 6.85. The summed E-state index contributed by atoms with van der Waals surface area (Å²) in [4.78, 5) is 3.68. The second-order valence-electron chi connectivity index (χ2n) is 7.40. The Morgan fingerprint density at radius 1 is 1.28 bits per heavy atom. The van der Waals surface area contributed by atoms with Gasteiger partial charge in [0.05, 0.1) is 0 Å². The van der Waals surface area contributed by atoms with Crippen molar-refractivity contribution in [2.24, 2.45) is 5.41 Å². The van der Waals surface area contributed by atoms with Gasteiger partial charge in [-0.3, -0.25) is 0 Å². The van der Waals surface area contributed by atoms with Gasteiger partial charge in [0, 0.05) is 32.5 Å². The lowest BCUT2D eigenvalue weighted by atomic mass is 9.82. The summed E-state index contributed by atoms with van der Waals surface area (Å²) in [5.74, 6) is 0. The summed E-state index contributed by atoms with van der Waals surface area (Å²) in [5, 5.41) is 5.07. The number of halogens is 1. The number of hydrogen-bond donors (Lipinski definition) is 2. The Morgan fingerprint density at radius 2 is 2.00 bits per heavy atom. The predicted molar refractivity (Wildman–Crippen MR) is 114 cm³/mol. The van der Waals surface area contributed by atoms with Gasteiger partial charge in [-0.2, -0.15) is 0 Å². The van der Waals surface area contributed by atoms with Gasteiger partial charge in [0.1, 0.15) is 6.29 Å². The van der Waals surface area contributed by atoms with Crippen molar-refractivity contribution in [2.45, 2.75) is 52.1 Å². The molecule has 0 bridgehead atoms. The number of hydrogen-bond acceptors (Lipinski definition) is 3. The van der Waals surface area contributed by atoms with E-state index < -0.39 is 19.5 Å². The fourth-order valence-corrected chi connectivity index (χ4v) is 6.14. The molecule has 1 atom stereocenters. The van der Waals surface area contributed by atoms with Gasteiger partial charge in [0.15, 0.2) is 19.5 Å². The van der Waals surface area contributed by atoms with Gasteiger partial charge in [0.2, 0.25) is 0 Å². The van der Waals surface area contributed by atoms with E-state index in [-0.39, 0.29) is 11.7 Å². The molecule has 2 aromatic rings. The van der Waals surface area contributed by atoms with Crippen LogP contribution in [0.5, 0.6) is 0 Å². The number of aromatic amines is 1. The number of H-pyrrole nitrogens is 1. The van der Waals surface area contributed by atoms with E-state index in [2.05, 4.69) is 71.4 Å². The van der Waals surface area contributed by atoms with Gasteiger partial charge < -0.3 is 19.2 Å². The minimum atomic E-state index is -0.491. The summed E-state index contributed by atoms with van der Waals surface area (Å²) in [6.45, 7) is 9.93.